The van der Waals surface area contributed by atoms with Crippen molar-refractivity contribution in [2.75, 3.05) is 16.8 Å². The van der Waals surface area contributed by atoms with Crippen molar-refractivity contribution in [3.8, 4) is 0 Å². The number of nitrogens with zero attached hydrogens (tertiary/aromatic N) is 1. The van der Waals surface area contributed by atoms with Crippen molar-refractivity contribution >= 4 is 23.2 Å². The SMILES string of the molecule is CCN(C(=O)C(=O)Nc1c(F)cccc1F)c1ccccc1. The zero-order valence-electron chi connectivity index (χ0n) is 11.8. The summed E-state index contributed by atoms with van der Waals surface area (Å²) in [7, 11) is 0. The first kappa shape index (κ1) is 15.6. The maximum Gasteiger partial charge on any atom is 0.316 e. The highest BCUT2D eigenvalue weighted by atomic mass is 19.1. The average Bonchev–Trinajstić information content (AvgIpc) is 2.52. The van der Waals surface area contributed by atoms with Gasteiger partial charge in [0.25, 0.3) is 0 Å². The summed E-state index contributed by atoms with van der Waals surface area (Å²) in [6.45, 7) is 1.94. The number of likely N-dealkylation sites (N-methyl/N-ethyl adjacent to an activating group) is 1. The summed E-state index contributed by atoms with van der Waals surface area (Å²) in [5, 5.41) is 1.98. The molecule has 0 atom stereocenters. The summed E-state index contributed by atoms with van der Waals surface area (Å²) in [5.74, 6) is -3.88. The smallest absolute Gasteiger partial charge is 0.313 e. The summed E-state index contributed by atoms with van der Waals surface area (Å²) in [4.78, 5) is 25.3. The topological polar surface area (TPSA) is 49.4 Å². The molecular formula is C16H14F2N2O2. The Morgan fingerprint density at radius 2 is 1.59 bits per heavy atom. The van der Waals surface area contributed by atoms with Gasteiger partial charge in [-0.3, -0.25) is 9.59 Å². The van der Waals surface area contributed by atoms with Crippen LogP contribution in [0.15, 0.2) is 48.5 Å². The van der Waals surface area contributed by atoms with Gasteiger partial charge in [0, 0.05) is 12.2 Å². The van der Waals surface area contributed by atoms with Crippen molar-refractivity contribution < 1.29 is 18.4 Å². The fourth-order valence-electron chi connectivity index (χ4n) is 1.96. The van der Waals surface area contributed by atoms with E-state index < -0.39 is 29.1 Å². The van der Waals surface area contributed by atoms with Gasteiger partial charge in [-0.25, -0.2) is 8.78 Å². The van der Waals surface area contributed by atoms with Crippen molar-refractivity contribution in [1.82, 2.24) is 0 Å². The number of para-hydroxylation sites is 2. The third kappa shape index (κ3) is 3.28. The van der Waals surface area contributed by atoms with Crippen molar-refractivity contribution in [3.05, 3.63) is 60.2 Å². The largest absolute Gasteiger partial charge is 0.316 e. The third-order valence-corrected chi connectivity index (χ3v) is 3.02. The predicted octanol–water partition coefficient (Wildman–Crippen LogP) is 2.96. The molecule has 114 valence electrons. The van der Waals surface area contributed by atoms with Gasteiger partial charge in [0.2, 0.25) is 0 Å². The number of amides is 2. The van der Waals surface area contributed by atoms with Crippen LogP contribution in [0, 0.1) is 11.6 Å². The lowest BCUT2D eigenvalue weighted by atomic mass is 10.2. The molecule has 0 saturated heterocycles. The third-order valence-electron chi connectivity index (χ3n) is 3.02. The molecule has 0 radical (unpaired) electrons. The zero-order chi connectivity index (χ0) is 16.1. The van der Waals surface area contributed by atoms with Gasteiger partial charge in [-0.2, -0.15) is 0 Å². The van der Waals surface area contributed by atoms with E-state index in [1.54, 1.807) is 37.3 Å². The van der Waals surface area contributed by atoms with Crippen molar-refractivity contribution in [2.45, 2.75) is 6.92 Å². The molecular weight excluding hydrogens is 290 g/mol. The second kappa shape index (κ2) is 6.80. The number of nitrogens with one attached hydrogen (secondary N) is 1. The first-order chi connectivity index (χ1) is 10.5. The molecule has 22 heavy (non-hydrogen) atoms. The van der Waals surface area contributed by atoms with E-state index in [1.165, 1.54) is 11.0 Å². The molecule has 2 aromatic carbocycles. The molecule has 0 aliphatic heterocycles. The number of halogens is 2. The Bertz CT molecular complexity index is 670. The summed E-state index contributed by atoms with van der Waals surface area (Å²) in [6, 6.07) is 11.7. The van der Waals surface area contributed by atoms with Crippen molar-refractivity contribution in [1.29, 1.82) is 0 Å². The zero-order valence-corrected chi connectivity index (χ0v) is 11.8. The quantitative estimate of drug-likeness (QED) is 0.886. The normalized spacial score (nSPS) is 10.1. The molecule has 6 heteroatoms. The molecule has 0 spiro atoms. The Morgan fingerprint density at radius 1 is 1.00 bits per heavy atom. The molecule has 1 N–H and O–H groups in total. The summed E-state index contributed by atoms with van der Waals surface area (Å²) in [6.07, 6.45) is 0. The lowest BCUT2D eigenvalue weighted by Gasteiger charge is -2.20. The Morgan fingerprint density at radius 3 is 2.14 bits per heavy atom. The molecule has 0 heterocycles. The van der Waals surface area contributed by atoms with Crippen LogP contribution < -0.4 is 10.2 Å². The van der Waals surface area contributed by atoms with Crippen LogP contribution in [-0.4, -0.2) is 18.4 Å². The number of hydrogen-bond donors (Lipinski definition) is 1. The highest BCUT2D eigenvalue weighted by molar-refractivity contribution is 6.44. The van der Waals surface area contributed by atoms with Crippen LogP contribution in [0.1, 0.15) is 6.92 Å². The van der Waals surface area contributed by atoms with Gasteiger partial charge < -0.3 is 10.2 Å². The van der Waals surface area contributed by atoms with E-state index in [-0.39, 0.29) is 6.54 Å². The molecule has 0 aliphatic rings. The minimum absolute atomic E-state index is 0.246. The van der Waals surface area contributed by atoms with E-state index in [1.807, 2.05) is 5.32 Å². The number of carbonyl (C=O) groups excluding carboxylic acids is 2. The molecule has 4 nitrogen and oxygen atoms in total. The molecule has 0 aliphatic carbocycles. The highest BCUT2D eigenvalue weighted by Gasteiger charge is 2.24. The van der Waals surface area contributed by atoms with Crippen LogP contribution in [0.4, 0.5) is 20.2 Å². The Kier molecular flexibility index (Phi) is 4.83. The summed E-state index contributed by atoms with van der Waals surface area (Å²) >= 11 is 0. The fraction of sp³-hybridized carbons (Fsp3) is 0.125. The van der Waals surface area contributed by atoms with Gasteiger partial charge in [-0.15, -0.1) is 0 Å². The highest BCUT2D eigenvalue weighted by Crippen LogP contribution is 2.19. The first-order valence-electron chi connectivity index (χ1n) is 6.66. The van der Waals surface area contributed by atoms with Crippen LogP contribution in [0.5, 0.6) is 0 Å². The second-order valence-corrected chi connectivity index (χ2v) is 4.44. The van der Waals surface area contributed by atoms with E-state index >= 15 is 0 Å². The molecule has 2 rings (SSSR count). The molecule has 0 fully saturated rings. The Labute approximate surface area is 126 Å². The fourth-order valence-corrected chi connectivity index (χ4v) is 1.96. The molecule has 0 aromatic heterocycles. The van der Waals surface area contributed by atoms with Crippen LogP contribution in [-0.2, 0) is 9.59 Å². The maximum absolute atomic E-state index is 13.5. The number of hydrogen-bond acceptors (Lipinski definition) is 2. The standard InChI is InChI=1S/C16H14F2N2O2/c1-2-20(11-7-4-3-5-8-11)16(22)15(21)19-14-12(17)9-6-10-13(14)18/h3-10H,2H2,1H3,(H,19,21). The average molecular weight is 304 g/mol. The predicted molar refractivity (Wildman–Crippen MR) is 79.5 cm³/mol. The van der Waals surface area contributed by atoms with E-state index in [2.05, 4.69) is 0 Å². The van der Waals surface area contributed by atoms with Gasteiger partial charge in [0.05, 0.1) is 0 Å². The van der Waals surface area contributed by atoms with E-state index in [0.717, 1.165) is 12.1 Å². The minimum Gasteiger partial charge on any atom is -0.313 e. The monoisotopic (exact) mass is 304 g/mol. The van der Waals surface area contributed by atoms with Crippen LogP contribution in [0.25, 0.3) is 0 Å². The second-order valence-electron chi connectivity index (χ2n) is 4.44. The number of benzene rings is 2. The lowest BCUT2D eigenvalue weighted by molar-refractivity contribution is -0.134. The van der Waals surface area contributed by atoms with Crippen molar-refractivity contribution in [3.63, 3.8) is 0 Å². The van der Waals surface area contributed by atoms with E-state index in [9.17, 15) is 18.4 Å². The first-order valence-corrected chi connectivity index (χ1v) is 6.66. The maximum atomic E-state index is 13.5. The molecule has 0 saturated carbocycles. The van der Waals surface area contributed by atoms with E-state index in [4.69, 9.17) is 0 Å². The van der Waals surface area contributed by atoms with Crippen LogP contribution in [0.2, 0.25) is 0 Å². The van der Waals surface area contributed by atoms with Crippen LogP contribution >= 0.6 is 0 Å². The van der Waals surface area contributed by atoms with Gasteiger partial charge in [-0.1, -0.05) is 24.3 Å². The molecule has 0 unspecified atom stereocenters. The molecule has 2 aromatic rings. The van der Waals surface area contributed by atoms with Gasteiger partial charge in [0.1, 0.15) is 17.3 Å². The molecule has 2 amide bonds. The number of carbonyl (C=O) groups is 2. The van der Waals surface area contributed by atoms with Crippen LogP contribution in [0.3, 0.4) is 0 Å². The lowest BCUT2D eigenvalue weighted by Crippen LogP contribution is -2.40. The summed E-state index contributed by atoms with van der Waals surface area (Å²) in [5.41, 5.74) is -0.107. The minimum atomic E-state index is -1.10. The number of anilines is 2. The van der Waals surface area contributed by atoms with Gasteiger partial charge >= 0.3 is 11.8 Å². The van der Waals surface area contributed by atoms with Gasteiger partial charge in [-0.05, 0) is 31.2 Å². The van der Waals surface area contributed by atoms with Crippen molar-refractivity contribution in [2.24, 2.45) is 0 Å². The van der Waals surface area contributed by atoms with Gasteiger partial charge in [0.15, 0.2) is 0 Å². The number of rotatable bonds is 3. The Balaban J connectivity index is 2.20. The molecule has 0 bridgehead atoms. The Hall–Kier alpha value is -2.76. The van der Waals surface area contributed by atoms with E-state index in [0.29, 0.717) is 5.69 Å². The summed E-state index contributed by atoms with van der Waals surface area (Å²) < 4.78 is 27.0.